The highest BCUT2D eigenvalue weighted by Crippen LogP contribution is 2.34. The Morgan fingerprint density at radius 3 is 2.00 bits per heavy atom. The molecule has 7 nitrogen and oxygen atoms in total. The summed E-state index contributed by atoms with van der Waals surface area (Å²) in [5, 5.41) is 5.93. The Labute approximate surface area is 225 Å². The number of nitrogens with one attached hydrogen (secondary N) is 2. The molecule has 3 amide bonds. The maximum atomic E-state index is 14.3. The number of hydrogen-bond acceptors (Lipinski definition) is 4. The molecule has 0 fully saturated rings. The van der Waals surface area contributed by atoms with Crippen LogP contribution in [0, 0.1) is 19.8 Å². The van der Waals surface area contributed by atoms with Gasteiger partial charge in [-0.25, -0.2) is 4.79 Å². The summed E-state index contributed by atoms with van der Waals surface area (Å²) < 4.78 is 5.46. The van der Waals surface area contributed by atoms with Crippen molar-refractivity contribution in [1.29, 1.82) is 0 Å². The monoisotopic (exact) mass is 517 g/mol. The first-order chi connectivity index (χ1) is 16.9. The molecule has 1 aromatic rings. The van der Waals surface area contributed by atoms with Gasteiger partial charge in [-0.15, -0.1) is 0 Å². The van der Waals surface area contributed by atoms with Crippen LogP contribution in [0.15, 0.2) is 18.2 Å². The number of aryl methyl sites for hydroxylation is 2. The minimum Gasteiger partial charge on any atom is -0.444 e. The lowest BCUT2D eigenvalue weighted by Crippen LogP contribution is -2.60. The molecule has 0 aliphatic carbocycles. The van der Waals surface area contributed by atoms with Gasteiger partial charge in [0.05, 0.1) is 0 Å². The molecular weight excluding hydrogens is 466 g/mol. The summed E-state index contributed by atoms with van der Waals surface area (Å²) in [6.45, 7) is 23.1. The second-order valence-corrected chi connectivity index (χ2v) is 12.2. The Kier molecular flexibility index (Phi) is 11.7. The summed E-state index contributed by atoms with van der Waals surface area (Å²) in [5.41, 5.74) is 1.54. The number of benzene rings is 1. The molecule has 0 saturated carbocycles. The number of hydrogen-bond donors (Lipinski definition) is 2. The van der Waals surface area contributed by atoms with Crippen molar-refractivity contribution >= 4 is 17.9 Å². The first kappa shape index (κ1) is 32.5. The Hall–Kier alpha value is -2.57. The lowest BCUT2D eigenvalue weighted by atomic mass is 9.89. The number of ether oxygens (including phenoxy) is 1. The van der Waals surface area contributed by atoms with Gasteiger partial charge in [-0.1, -0.05) is 52.3 Å². The highest BCUT2D eigenvalue weighted by molar-refractivity contribution is 5.93. The van der Waals surface area contributed by atoms with Gasteiger partial charge >= 0.3 is 6.09 Å². The van der Waals surface area contributed by atoms with Gasteiger partial charge in [-0.05, 0) is 90.8 Å². The molecule has 0 aliphatic rings. The van der Waals surface area contributed by atoms with Crippen LogP contribution in [-0.2, 0) is 14.3 Å². The summed E-state index contributed by atoms with van der Waals surface area (Å²) >= 11 is 0. The molecule has 0 radical (unpaired) electrons. The molecular formula is C30H51N3O4. The number of rotatable bonds is 11. The fourth-order valence-corrected chi connectivity index (χ4v) is 4.22. The molecule has 210 valence electrons. The maximum Gasteiger partial charge on any atom is 0.408 e. The smallest absolute Gasteiger partial charge is 0.408 e. The molecule has 1 aromatic carbocycles. The summed E-state index contributed by atoms with van der Waals surface area (Å²) in [6.07, 6.45) is 1.74. The summed E-state index contributed by atoms with van der Waals surface area (Å²) in [5.74, 6) is -0.759. The van der Waals surface area contributed by atoms with Crippen molar-refractivity contribution in [3.05, 3.63) is 34.9 Å². The van der Waals surface area contributed by atoms with Crippen LogP contribution in [-0.4, -0.2) is 46.0 Å². The normalized spacial score (nSPS) is 14.5. The number of carbonyl (C=O) groups excluding carboxylic acids is 3. The first-order valence-corrected chi connectivity index (χ1v) is 13.6. The lowest BCUT2D eigenvalue weighted by molar-refractivity contribution is -0.150. The largest absolute Gasteiger partial charge is 0.444 e. The zero-order chi connectivity index (χ0) is 28.7. The number of nitrogens with zero attached hydrogens (tertiary/aromatic N) is 1. The van der Waals surface area contributed by atoms with Crippen LogP contribution in [0.25, 0.3) is 0 Å². The van der Waals surface area contributed by atoms with E-state index >= 15 is 0 Å². The zero-order valence-electron chi connectivity index (χ0n) is 25.2. The molecule has 0 aliphatic heterocycles. The van der Waals surface area contributed by atoms with Gasteiger partial charge < -0.3 is 20.3 Å². The summed E-state index contributed by atoms with van der Waals surface area (Å²) in [7, 11) is 0. The minimum atomic E-state index is -0.865. The van der Waals surface area contributed by atoms with E-state index in [4.69, 9.17) is 4.74 Å². The zero-order valence-corrected chi connectivity index (χ0v) is 25.2. The van der Waals surface area contributed by atoms with Crippen molar-refractivity contribution in [3.63, 3.8) is 0 Å². The van der Waals surface area contributed by atoms with Crippen molar-refractivity contribution in [1.82, 2.24) is 15.5 Å². The van der Waals surface area contributed by atoms with Crippen LogP contribution in [0.3, 0.4) is 0 Å². The van der Waals surface area contributed by atoms with Crippen LogP contribution in [0.2, 0.25) is 0 Å². The van der Waals surface area contributed by atoms with Gasteiger partial charge in [0.1, 0.15) is 17.7 Å². The Balaban J connectivity index is 3.68. The third-order valence-electron chi connectivity index (χ3n) is 6.82. The van der Waals surface area contributed by atoms with E-state index in [1.54, 1.807) is 25.7 Å². The molecule has 0 spiro atoms. The van der Waals surface area contributed by atoms with E-state index in [1.807, 2.05) is 73.6 Å². The van der Waals surface area contributed by atoms with Crippen LogP contribution < -0.4 is 10.6 Å². The van der Waals surface area contributed by atoms with Gasteiger partial charge in [0.2, 0.25) is 11.8 Å². The summed E-state index contributed by atoms with van der Waals surface area (Å²) in [4.78, 5) is 42.7. The third-order valence-corrected chi connectivity index (χ3v) is 6.82. The average Bonchev–Trinajstić information content (AvgIpc) is 2.75. The molecule has 0 heterocycles. The molecule has 1 rings (SSSR count). The van der Waals surface area contributed by atoms with Gasteiger partial charge in [0, 0.05) is 11.6 Å². The lowest BCUT2D eigenvalue weighted by Gasteiger charge is -2.45. The Morgan fingerprint density at radius 2 is 1.54 bits per heavy atom. The molecule has 0 bridgehead atoms. The van der Waals surface area contributed by atoms with Crippen LogP contribution >= 0.6 is 0 Å². The van der Waals surface area contributed by atoms with Gasteiger partial charge in [0.15, 0.2) is 0 Å². The Morgan fingerprint density at radius 1 is 0.946 bits per heavy atom. The molecule has 7 heteroatoms. The van der Waals surface area contributed by atoms with Crippen molar-refractivity contribution in [2.45, 2.75) is 132 Å². The highest BCUT2D eigenvalue weighted by atomic mass is 16.6. The van der Waals surface area contributed by atoms with Crippen LogP contribution in [0.1, 0.15) is 111 Å². The van der Waals surface area contributed by atoms with Gasteiger partial charge in [-0.3, -0.25) is 9.59 Å². The van der Waals surface area contributed by atoms with E-state index in [9.17, 15) is 14.4 Å². The number of amides is 3. The number of alkyl carbamates (subject to hydrolysis) is 1. The fourth-order valence-electron chi connectivity index (χ4n) is 4.22. The summed E-state index contributed by atoms with van der Waals surface area (Å²) in [6, 6.07) is 4.14. The van der Waals surface area contributed by atoms with E-state index in [-0.39, 0.29) is 23.8 Å². The Bertz CT molecular complexity index is 933. The molecule has 2 N–H and O–H groups in total. The van der Waals surface area contributed by atoms with Crippen LogP contribution in [0.5, 0.6) is 0 Å². The molecule has 37 heavy (non-hydrogen) atoms. The molecule has 0 saturated heterocycles. The highest BCUT2D eigenvalue weighted by Gasteiger charge is 2.44. The second-order valence-electron chi connectivity index (χ2n) is 12.2. The minimum absolute atomic E-state index is 0.0333. The molecule has 0 aromatic heterocycles. The van der Waals surface area contributed by atoms with E-state index in [1.165, 1.54) is 0 Å². The van der Waals surface area contributed by atoms with Gasteiger partial charge in [-0.2, -0.15) is 0 Å². The maximum absolute atomic E-state index is 14.3. The predicted molar refractivity (Wildman–Crippen MR) is 150 cm³/mol. The fraction of sp³-hybridized carbons (Fsp3) is 0.700. The topological polar surface area (TPSA) is 87.7 Å². The van der Waals surface area contributed by atoms with Gasteiger partial charge in [0.25, 0.3) is 0 Å². The standard InChI is InChI=1S/C30H51N3O4/c1-13-15-22(7)31-26(34)25(23-17-16-20(5)21(6)18-23)33(30(11,12)14-2)27(35)24(19(3)4)32-28(36)37-29(8,9)10/h16-19,22,24-25H,13-15H2,1-12H3,(H,31,34)(H,32,36). The molecule has 3 unspecified atom stereocenters. The molecule has 3 atom stereocenters. The van der Waals surface area contributed by atoms with Crippen molar-refractivity contribution in [3.8, 4) is 0 Å². The SMILES string of the molecule is CCCC(C)NC(=O)C(c1ccc(C)c(C)c1)N(C(=O)C(NC(=O)OC(C)(C)C)C(C)C)C(C)(C)CC. The van der Waals surface area contributed by atoms with Crippen molar-refractivity contribution in [2.24, 2.45) is 5.92 Å². The predicted octanol–water partition coefficient (Wildman–Crippen LogP) is 6.22. The first-order valence-electron chi connectivity index (χ1n) is 13.6. The van der Waals surface area contributed by atoms with E-state index in [0.29, 0.717) is 6.42 Å². The van der Waals surface area contributed by atoms with E-state index < -0.39 is 29.3 Å². The second kappa shape index (κ2) is 13.3. The average molecular weight is 518 g/mol. The number of carbonyl (C=O) groups is 3. The van der Waals surface area contributed by atoms with Crippen LogP contribution in [0.4, 0.5) is 4.79 Å². The quantitative estimate of drug-likeness (QED) is 0.365. The van der Waals surface area contributed by atoms with E-state index in [0.717, 1.165) is 29.5 Å². The third kappa shape index (κ3) is 9.35. The van der Waals surface area contributed by atoms with Crippen molar-refractivity contribution in [2.75, 3.05) is 0 Å². The van der Waals surface area contributed by atoms with E-state index in [2.05, 4.69) is 17.6 Å². The van der Waals surface area contributed by atoms with Crippen molar-refractivity contribution < 1.29 is 19.1 Å².